The number of pyridine rings is 2. The van der Waals surface area contributed by atoms with E-state index in [0.29, 0.717) is 0 Å². The molecule has 0 saturated heterocycles. The Morgan fingerprint density at radius 2 is 1.33 bits per heavy atom. The second-order valence-corrected chi connectivity index (χ2v) is 13.3. The maximum absolute atomic E-state index is 6.25. The molecule has 0 aliphatic rings. The standard InChI is InChI=1S/C33H23N2O.C11H8N.Ir/c1-33(2,3)20-13-14-34-27(16-20)19-11-12-28-24(15-19)22-8-6-9-23-25-17-26-21-7-4-5-10-30(21)36-31(26)18-29(25)35(28)32(22)23;1-2-6-10(7-3-1)11-8-4-5-9-12-11;/h4-10,12-18H,1-3H3;1-6,8-9H;/q2*-1;. The van der Waals surface area contributed by atoms with Crippen molar-refractivity contribution in [3.63, 3.8) is 0 Å². The number of hydrogen-bond acceptors (Lipinski definition) is 3. The van der Waals surface area contributed by atoms with Crippen LogP contribution >= 0.6 is 0 Å². The number of furan rings is 1. The smallest absolute Gasteiger partial charge is 0.137 e. The summed E-state index contributed by atoms with van der Waals surface area (Å²) >= 11 is 0. The number of para-hydroxylation sites is 2. The summed E-state index contributed by atoms with van der Waals surface area (Å²) in [6, 6.07) is 48.4. The number of rotatable bonds is 2. The number of benzene rings is 5. The van der Waals surface area contributed by atoms with E-state index in [1.165, 1.54) is 32.6 Å². The summed E-state index contributed by atoms with van der Waals surface area (Å²) in [5.41, 5.74) is 10.7. The Morgan fingerprint density at radius 1 is 0.571 bits per heavy atom. The van der Waals surface area contributed by atoms with Gasteiger partial charge in [0.2, 0.25) is 0 Å². The van der Waals surface area contributed by atoms with Crippen molar-refractivity contribution in [3.8, 4) is 22.5 Å². The largest absolute Gasteiger partial charge is 0.456 e. The van der Waals surface area contributed by atoms with E-state index in [1.807, 2.05) is 60.8 Å². The van der Waals surface area contributed by atoms with Crippen molar-refractivity contribution >= 4 is 60.0 Å². The second-order valence-electron chi connectivity index (χ2n) is 13.3. The van der Waals surface area contributed by atoms with Crippen LogP contribution in [0.5, 0.6) is 0 Å². The van der Waals surface area contributed by atoms with Crippen LogP contribution in [0.1, 0.15) is 26.3 Å². The van der Waals surface area contributed by atoms with Crippen LogP contribution in [0, 0.1) is 12.1 Å². The van der Waals surface area contributed by atoms with Gasteiger partial charge in [0.1, 0.15) is 11.2 Å². The fourth-order valence-electron chi connectivity index (χ4n) is 6.90. The Bertz CT molecular complexity index is 2720. The quantitative estimate of drug-likeness (QED) is 0.163. The summed E-state index contributed by atoms with van der Waals surface area (Å²) in [5.74, 6) is 0. The first-order valence-corrected chi connectivity index (χ1v) is 16.2. The average Bonchev–Trinajstić information content (AvgIpc) is 3.77. The van der Waals surface area contributed by atoms with Crippen LogP contribution in [0.4, 0.5) is 0 Å². The van der Waals surface area contributed by atoms with Crippen LogP contribution < -0.4 is 0 Å². The summed E-state index contributed by atoms with van der Waals surface area (Å²) in [6.45, 7) is 6.70. The average molecular weight is 810 g/mol. The number of aromatic nitrogens is 3. The van der Waals surface area contributed by atoms with E-state index in [1.54, 1.807) is 6.20 Å². The molecular formula is C44H31IrN3O-2. The summed E-state index contributed by atoms with van der Waals surface area (Å²) in [4.78, 5) is 8.91. The third kappa shape index (κ3) is 5.18. The van der Waals surface area contributed by atoms with Gasteiger partial charge in [0.25, 0.3) is 0 Å². The van der Waals surface area contributed by atoms with Gasteiger partial charge in [-0.15, -0.1) is 59.7 Å². The molecule has 10 aromatic rings. The van der Waals surface area contributed by atoms with Crippen LogP contribution in [0.15, 0.2) is 138 Å². The molecule has 0 spiro atoms. The van der Waals surface area contributed by atoms with Gasteiger partial charge in [-0.2, -0.15) is 0 Å². The summed E-state index contributed by atoms with van der Waals surface area (Å²) in [6.07, 6.45) is 3.70. The fourth-order valence-corrected chi connectivity index (χ4v) is 6.90. The van der Waals surface area contributed by atoms with Crippen LogP contribution in [0.3, 0.4) is 0 Å². The first-order chi connectivity index (χ1) is 23.4. The molecule has 1 radical (unpaired) electrons. The molecule has 0 amide bonds. The molecule has 5 aromatic carbocycles. The SMILES string of the molecule is CC(C)(C)c1ccnc(-c2[c-]cc3c(c2)c2cccc4c5cc6c(cc5n3c24)oc2ccccc26)c1.[Ir].[c-]1ccccc1-c1ccccn1. The fraction of sp³-hybridized carbons (Fsp3) is 0.0909. The van der Waals surface area contributed by atoms with Crippen LogP contribution in [0.25, 0.3) is 82.5 Å². The van der Waals surface area contributed by atoms with Gasteiger partial charge in [-0.3, -0.25) is 0 Å². The van der Waals surface area contributed by atoms with Crippen molar-refractivity contribution in [1.29, 1.82) is 0 Å². The normalized spacial score (nSPS) is 11.8. The van der Waals surface area contributed by atoms with Crippen LogP contribution in [-0.2, 0) is 25.5 Å². The van der Waals surface area contributed by atoms with E-state index in [-0.39, 0.29) is 25.5 Å². The van der Waals surface area contributed by atoms with E-state index >= 15 is 0 Å². The Kier molecular flexibility index (Phi) is 7.55. The third-order valence-electron chi connectivity index (χ3n) is 9.30. The minimum absolute atomic E-state index is 0. The number of fused-ring (bicyclic) bond motifs is 9. The minimum Gasteiger partial charge on any atom is -0.456 e. The number of nitrogens with zero attached hydrogens (tertiary/aromatic N) is 3. The molecule has 0 fully saturated rings. The Hall–Kier alpha value is -5.35. The van der Waals surface area contributed by atoms with Gasteiger partial charge in [-0.1, -0.05) is 80.8 Å². The van der Waals surface area contributed by atoms with E-state index in [9.17, 15) is 0 Å². The molecule has 0 unspecified atom stereocenters. The molecule has 0 saturated carbocycles. The molecule has 0 aliphatic heterocycles. The monoisotopic (exact) mass is 810 g/mol. The van der Waals surface area contributed by atoms with Gasteiger partial charge in [0.15, 0.2) is 0 Å². The maximum Gasteiger partial charge on any atom is 0.137 e. The Labute approximate surface area is 297 Å². The van der Waals surface area contributed by atoms with Crippen molar-refractivity contribution in [1.82, 2.24) is 14.4 Å². The molecular weight excluding hydrogens is 779 g/mol. The maximum atomic E-state index is 6.25. The van der Waals surface area contributed by atoms with Crippen molar-refractivity contribution in [2.75, 3.05) is 0 Å². The molecule has 5 heterocycles. The molecule has 4 nitrogen and oxygen atoms in total. The van der Waals surface area contributed by atoms with Crippen LogP contribution in [0.2, 0.25) is 0 Å². The van der Waals surface area contributed by atoms with E-state index in [2.05, 4.69) is 114 Å². The molecule has 239 valence electrons. The van der Waals surface area contributed by atoms with Crippen molar-refractivity contribution in [2.45, 2.75) is 26.2 Å². The zero-order valence-electron chi connectivity index (χ0n) is 27.3. The van der Waals surface area contributed by atoms with Gasteiger partial charge < -0.3 is 18.8 Å². The first-order valence-electron chi connectivity index (χ1n) is 16.2. The van der Waals surface area contributed by atoms with E-state index in [0.717, 1.165) is 55.5 Å². The number of hydrogen-bond donors (Lipinski definition) is 0. The van der Waals surface area contributed by atoms with Crippen molar-refractivity contribution in [3.05, 3.63) is 151 Å². The molecule has 49 heavy (non-hydrogen) atoms. The summed E-state index contributed by atoms with van der Waals surface area (Å²) < 4.78 is 8.62. The zero-order valence-corrected chi connectivity index (χ0v) is 29.7. The predicted octanol–water partition coefficient (Wildman–Crippen LogP) is 11.4. The van der Waals surface area contributed by atoms with Gasteiger partial charge in [-0.25, -0.2) is 0 Å². The van der Waals surface area contributed by atoms with Gasteiger partial charge >= 0.3 is 0 Å². The van der Waals surface area contributed by atoms with Gasteiger partial charge in [0, 0.05) is 65.6 Å². The summed E-state index contributed by atoms with van der Waals surface area (Å²) in [7, 11) is 0. The molecule has 0 bridgehead atoms. The van der Waals surface area contributed by atoms with Gasteiger partial charge in [-0.05, 0) is 57.5 Å². The third-order valence-corrected chi connectivity index (χ3v) is 9.30. The molecule has 5 aromatic heterocycles. The summed E-state index contributed by atoms with van der Waals surface area (Å²) in [5, 5.41) is 7.31. The topological polar surface area (TPSA) is 43.3 Å². The molecule has 0 aliphatic carbocycles. The minimum atomic E-state index is 0. The Morgan fingerprint density at radius 3 is 2.10 bits per heavy atom. The molecule has 0 atom stereocenters. The first kappa shape index (κ1) is 30.9. The zero-order chi connectivity index (χ0) is 32.4. The Balaban J connectivity index is 0.000000228. The molecule has 0 N–H and O–H groups in total. The molecule has 5 heteroatoms. The predicted molar refractivity (Wildman–Crippen MR) is 198 cm³/mol. The van der Waals surface area contributed by atoms with E-state index < -0.39 is 0 Å². The van der Waals surface area contributed by atoms with Crippen molar-refractivity contribution in [2.24, 2.45) is 0 Å². The van der Waals surface area contributed by atoms with Crippen LogP contribution in [-0.4, -0.2) is 14.4 Å². The second kappa shape index (κ2) is 12.0. The van der Waals surface area contributed by atoms with E-state index in [4.69, 9.17) is 4.42 Å². The molecule has 10 rings (SSSR count). The van der Waals surface area contributed by atoms with Gasteiger partial charge in [0.05, 0.1) is 5.52 Å². The van der Waals surface area contributed by atoms with Crippen molar-refractivity contribution < 1.29 is 24.5 Å².